The summed E-state index contributed by atoms with van der Waals surface area (Å²) in [4.78, 5) is 8.48. The second-order valence-corrected chi connectivity index (χ2v) is 9.35. The van der Waals surface area contributed by atoms with E-state index in [2.05, 4.69) is 61.9 Å². The monoisotopic (exact) mass is 473 g/mol. The van der Waals surface area contributed by atoms with Gasteiger partial charge in [-0.25, -0.2) is 9.97 Å². The van der Waals surface area contributed by atoms with Crippen molar-refractivity contribution in [1.29, 1.82) is 5.26 Å². The van der Waals surface area contributed by atoms with Crippen molar-refractivity contribution in [3.05, 3.63) is 82.4 Å². The van der Waals surface area contributed by atoms with Crippen molar-refractivity contribution in [3.8, 4) is 17.6 Å². The molecule has 0 bridgehead atoms. The molecule has 186 valence electrons. The molecule has 0 saturated carbocycles. The van der Waals surface area contributed by atoms with E-state index in [1.54, 1.807) is 6.20 Å². The molecule has 3 rings (SSSR count). The van der Waals surface area contributed by atoms with Crippen molar-refractivity contribution >= 4 is 0 Å². The van der Waals surface area contributed by atoms with Crippen molar-refractivity contribution in [3.63, 3.8) is 0 Å². The van der Waals surface area contributed by atoms with E-state index < -0.39 is 0 Å². The Morgan fingerprint density at radius 1 is 0.971 bits per heavy atom. The highest BCUT2D eigenvalue weighted by atomic mass is 16.5. The lowest BCUT2D eigenvalue weighted by Gasteiger charge is -2.28. The van der Waals surface area contributed by atoms with E-state index >= 15 is 0 Å². The van der Waals surface area contributed by atoms with Crippen LogP contribution in [0.1, 0.15) is 81.7 Å². The van der Waals surface area contributed by atoms with E-state index in [0.717, 1.165) is 40.4 Å². The third-order valence-electron chi connectivity index (χ3n) is 5.85. The standard InChI is InChI=1S/C28H33N3O2.C2H6/c1-19(2)12-14-32-27-20(3)15-24(16-22(27)17-29)28(5,6)23-7-9-26(10-8-23)33-18-25-11-13-30-21(4)31-25;1-2/h7-11,13,15-16,19H,12,14,18H2,1-6H3;1-2H3. The molecule has 0 spiro atoms. The highest BCUT2D eigenvalue weighted by Gasteiger charge is 2.25. The summed E-state index contributed by atoms with van der Waals surface area (Å²) in [5.74, 6) is 2.78. The van der Waals surface area contributed by atoms with Gasteiger partial charge in [0.2, 0.25) is 0 Å². The van der Waals surface area contributed by atoms with Crippen LogP contribution in [0.4, 0.5) is 0 Å². The molecule has 0 saturated heterocycles. The van der Waals surface area contributed by atoms with Gasteiger partial charge < -0.3 is 9.47 Å². The molecule has 0 amide bonds. The number of hydrogen-bond acceptors (Lipinski definition) is 5. The van der Waals surface area contributed by atoms with Crippen molar-refractivity contribution in [1.82, 2.24) is 9.97 Å². The predicted octanol–water partition coefficient (Wildman–Crippen LogP) is 7.32. The molecular formula is C30H39N3O2. The normalized spacial score (nSPS) is 10.9. The molecule has 0 aliphatic carbocycles. The summed E-state index contributed by atoms with van der Waals surface area (Å²) in [6, 6.07) is 16.4. The van der Waals surface area contributed by atoms with Gasteiger partial charge in [-0.3, -0.25) is 0 Å². The van der Waals surface area contributed by atoms with E-state index in [1.165, 1.54) is 0 Å². The van der Waals surface area contributed by atoms with Crippen molar-refractivity contribution < 1.29 is 9.47 Å². The number of hydrogen-bond donors (Lipinski definition) is 0. The average molecular weight is 474 g/mol. The van der Waals surface area contributed by atoms with Crippen LogP contribution >= 0.6 is 0 Å². The first-order valence-electron chi connectivity index (χ1n) is 12.4. The number of aryl methyl sites for hydroxylation is 2. The summed E-state index contributed by atoms with van der Waals surface area (Å²) < 4.78 is 11.9. The van der Waals surface area contributed by atoms with Gasteiger partial charge in [-0.15, -0.1) is 0 Å². The minimum absolute atomic E-state index is 0.283. The van der Waals surface area contributed by atoms with E-state index in [1.807, 2.05) is 52.0 Å². The largest absolute Gasteiger partial charge is 0.492 e. The SMILES string of the molecule is CC.Cc1nccc(COc2ccc(C(C)(C)c3cc(C)c(OCCC(C)C)c(C#N)c3)cc2)n1. The second kappa shape index (κ2) is 12.9. The topological polar surface area (TPSA) is 68.0 Å². The Hall–Kier alpha value is -3.39. The number of nitrogens with zero attached hydrogens (tertiary/aromatic N) is 3. The maximum absolute atomic E-state index is 9.76. The zero-order chi connectivity index (χ0) is 26.0. The first-order valence-corrected chi connectivity index (χ1v) is 12.4. The molecule has 1 aromatic heterocycles. The van der Waals surface area contributed by atoms with Crippen LogP contribution < -0.4 is 9.47 Å². The number of ether oxygens (including phenoxy) is 2. The van der Waals surface area contributed by atoms with Gasteiger partial charge in [0.25, 0.3) is 0 Å². The smallest absolute Gasteiger partial charge is 0.139 e. The van der Waals surface area contributed by atoms with Gasteiger partial charge in [0.1, 0.15) is 30.0 Å². The molecule has 0 aliphatic rings. The fraction of sp³-hybridized carbons (Fsp3) is 0.433. The fourth-order valence-electron chi connectivity index (χ4n) is 3.68. The highest BCUT2D eigenvalue weighted by molar-refractivity contribution is 5.54. The van der Waals surface area contributed by atoms with Crippen LogP contribution in [0.25, 0.3) is 0 Å². The van der Waals surface area contributed by atoms with Gasteiger partial charge in [-0.05, 0) is 67.1 Å². The van der Waals surface area contributed by atoms with Gasteiger partial charge in [0.05, 0.1) is 17.9 Å². The molecule has 0 N–H and O–H groups in total. The molecule has 35 heavy (non-hydrogen) atoms. The fourth-order valence-corrected chi connectivity index (χ4v) is 3.68. The first kappa shape index (κ1) is 27.9. The molecule has 0 aliphatic heterocycles. The molecule has 0 radical (unpaired) electrons. The summed E-state index contributed by atoms with van der Waals surface area (Å²) in [7, 11) is 0. The second-order valence-electron chi connectivity index (χ2n) is 9.35. The third kappa shape index (κ3) is 7.55. The number of nitriles is 1. The predicted molar refractivity (Wildman–Crippen MR) is 142 cm³/mol. The lowest BCUT2D eigenvalue weighted by molar-refractivity contribution is 0.287. The Labute approximate surface area is 211 Å². The molecule has 0 atom stereocenters. The van der Waals surface area contributed by atoms with Gasteiger partial charge in [-0.1, -0.05) is 59.7 Å². The summed E-state index contributed by atoms with van der Waals surface area (Å²) in [6.07, 6.45) is 2.70. The summed E-state index contributed by atoms with van der Waals surface area (Å²) in [5, 5.41) is 9.76. The van der Waals surface area contributed by atoms with Gasteiger partial charge in [0.15, 0.2) is 0 Å². The van der Waals surface area contributed by atoms with Crippen LogP contribution in [0.5, 0.6) is 11.5 Å². The molecule has 0 fully saturated rings. The minimum Gasteiger partial charge on any atom is -0.492 e. The van der Waals surface area contributed by atoms with Crippen molar-refractivity contribution in [2.24, 2.45) is 5.92 Å². The van der Waals surface area contributed by atoms with Crippen LogP contribution in [-0.2, 0) is 12.0 Å². The lowest BCUT2D eigenvalue weighted by Crippen LogP contribution is -2.19. The van der Waals surface area contributed by atoms with Crippen LogP contribution in [0.2, 0.25) is 0 Å². The van der Waals surface area contributed by atoms with E-state index in [9.17, 15) is 5.26 Å². The van der Waals surface area contributed by atoms with Gasteiger partial charge >= 0.3 is 0 Å². The average Bonchev–Trinajstić information content (AvgIpc) is 2.84. The van der Waals surface area contributed by atoms with Gasteiger partial charge in [0, 0.05) is 11.6 Å². The Bertz CT molecular complexity index is 1130. The summed E-state index contributed by atoms with van der Waals surface area (Å²) >= 11 is 0. The Kier molecular flexibility index (Phi) is 10.3. The molecule has 0 unspecified atom stereocenters. The summed E-state index contributed by atoms with van der Waals surface area (Å²) in [5.41, 5.74) is 4.36. The van der Waals surface area contributed by atoms with Crippen molar-refractivity contribution in [2.75, 3.05) is 6.61 Å². The maximum atomic E-state index is 9.76. The lowest BCUT2D eigenvalue weighted by atomic mass is 9.77. The molecule has 2 aromatic carbocycles. The van der Waals surface area contributed by atoms with Crippen LogP contribution in [0.15, 0.2) is 48.7 Å². The molecule has 1 heterocycles. The van der Waals surface area contributed by atoms with E-state index in [4.69, 9.17) is 9.47 Å². The van der Waals surface area contributed by atoms with Crippen LogP contribution in [0, 0.1) is 31.1 Å². The van der Waals surface area contributed by atoms with Crippen LogP contribution in [-0.4, -0.2) is 16.6 Å². The van der Waals surface area contributed by atoms with Gasteiger partial charge in [-0.2, -0.15) is 5.26 Å². The third-order valence-corrected chi connectivity index (χ3v) is 5.85. The zero-order valence-electron chi connectivity index (χ0n) is 22.5. The molecule has 5 nitrogen and oxygen atoms in total. The Balaban J connectivity index is 0.00000210. The number of aromatic nitrogens is 2. The van der Waals surface area contributed by atoms with Crippen molar-refractivity contribution in [2.45, 2.75) is 73.8 Å². The number of benzene rings is 2. The summed E-state index contributed by atoms with van der Waals surface area (Å²) in [6.45, 7) is 17.6. The maximum Gasteiger partial charge on any atom is 0.139 e. The van der Waals surface area contributed by atoms with E-state index in [-0.39, 0.29) is 5.41 Å². The Morgan fingerprint density at radius 2 is 1.66 bits per heavy atom. The number of rotatable bonds is 9. The Morgan fingerprint density at radius 3 is 2.26 bits per heavy atom. The molecule has 5 heteroatoms. The quantitative estimate of drug-likeness (QED) is 0.326. The molecule has 3 aromatic rings. The van der Waals surface area contributed by atoms with E-state index in [0.29, 0.717) is 30.4 Å². The first-order chi connectivity index (χ1) is 16.7. The van der Waals surface area contributed by atoms with Crippen LogP contribution in [0.3, 0.4) is 0 Å². The zero-order valence-corrected chi connectivity index (χ0v) is 22.5. The minimum atomic E-state index is -0.283. The highest BCUT2D eigenvalue weighted by Crippen LogP contribution is 2.36. The molecular weight excluding hydrogens is 434 g/mol.